The molecule has 0 spiro atoms. The summed E-state index contributed by atoms with van der Waals surface area (Å²) in [5.74, 6) is 0.743. The van der Waals surface area contributed by atoms with E-state index in [9.17, 15) is 4.79 Å². The molecule has 76 valence electrons. The Morgan fingerprint density at radius 1 is 1.50 bits per heavy atom. The van der Waals surface area contributed by atoms with Crippen molar-refractivity contribution in [3.05, 3.63) is 29.8 Å². The standard InChI is InChI=1S/C11H15NO2/c1-2-12-6-7-14-11-5-3-4-10(8-11)9-13/h3-5,8-9,12H,2,6-7H2,1H3. The zero-order valence-electron chi connectivity index (χ0n) is 8.32. The van der Waals surface area contributed by atoms with Crippen LogP contribution in [0, 0.1) is 0 Å². The van der Waals surface area contributed by atoms with Crippen molar-refractivity contribution < 1.29 is 9.53 Å². The Morgan fingerprint density at radius 3 is 3.07 bits per heavy atom. The lowest BCUT2D eigenvalue weighted by molar-refractivity contribution is 0.112. The SMILES string of the molecule is CCNCCOc1cccc(C=O)c1. The van der Waals surface area contributed by atoms with Gasteiger partial charge in [0.05, 0.1) is 0 Å². The van der Waals surface area contributed by atoms with Gasteiger partial charge in [-0.15, -0.1) is 0 Å². The molecule has 14 heavy (non-hydrogen) atoms. The Morgan fingerprint density at radius 2 is 2.36 bits per heavy atom. The molecular weight excluding hydrogens is 178 g/mol. The summed E-state index contributed by atoms with van der Waals surface area (Å²) in [5, 5.41) is 3.15. The van der Waals surface area contributed by atoms with Gasteiger partial charge in [-0.2, -0.15) is 0 Å². The second-order valence-corrected chi connectivity index (χ2v) is 2.89. The van der Waals surface area contributed by atoms with Gasteiger partial charge in [-0.25, -0.2) is 0 Å². The molecular formula is C11H15NO2. The van der Waals surface area contributed by atoms with E-state index < -0.39 is 0 Å². The van der Waals surface area contributed by atoms with Crippen molar-refractivity contribution in [2.75, 3.05) is 19.7 Å². The smallest absolute Gasteiger partial charge is 0.150 e. The van der Waals surface area contributed by atoms with Gasteiger partial charge in [0.15, 0.2) is 0 Å². The lowest BCUT2D eigenvalue weighted by atomic mass is 10.2. The summed E-state index contributed by atoms with van der Waals surface area (Å²) in [5.41, 5.74) is 0.644. The number of carbonyl (C=O) groups excluding carboxylic acids is 1. The maximum atomic E-state index is 10.5. The van der Waals surface area contributed by atoms with Crippen molar-refractivity contribution in [1.29, 1.82) is 0 Å². The molecule has 0 saturated heterocycles. The molecule has 0 fully saturated rings. The minimum atomic E-state index is 0.621. The molecule has 0 bridgehead atoms. The van der Waals surface area contributed by atoms with E-state index in [0.717, 1.165) is 25.1 Å². The van der Waals surface area contributed by atoms with Crippen molar-refractivity contribution in [3.8, 4) is 5.75 Å². The van der Waals surface area contributed by atoms with Crippen LogP contribution in [0.2, 0.25) is 0 Å². The topological polar surface area (TPSA) is 38.3 Å². The fourth-order valence-electron chi connectivity index (χ4n) is 1.10. The van der Waals surface area contributed by atoms with Gasteiger partial charge in [0.1, 0.15) is 18.6 Å². The summed E-state index contributed by atoms with van der Waals surface area (Å²) in [6.07, 6.45) is 0.817. The number of aldehydes is 1. The molecule has 3 nitrogen and oxygen atoms in total. The molecule has 1 aromatic carbocycles. The maximum Gasteiger partial charge on any atom is 0.150 e. The Labute approximate surface area is 84.1 Å². The van der Waals surface area contributed by atoms with Gasteiger partial charge >= 0.3 is 0 Å². The third kappa shape index (κ3) is 3.58. The van der Waals surface area contributed by atoms with Crippen LogP contribution >= 0.6 is 0 Å². The van der Waals surface area contributed by atoms with Gasteiger partial charge in [-0.3, -0.25) is 4.79 Å². The van der Waals surface area contributed by atoms with Gasteiger partial charge < -0.3 is 10.1 Å². The molecule has 0 aliphatic carbocycles. The quantitative estimate of drug-likeness (QED) is 0.549. The molecule has 0 unspecified atom stereocenters. The van der Waals surface area contributed by atoms with Crippen LogP contribution in [0.25, 0.3) is 0 Å². The van der Waals surface area contributed by atoms with Gasteiger partial charge in [0.25, 0.3) is 0 Å². The molecule has 3 heteroatoms. The van der Waals surface area contributed by atoms with Crippen LogP contribution in [0.4, 0.5) is 0 Å². The minimum absolute atomic E-state index is 0.621. The summed E-state index contributed by atoms with van der Waals surface area (Å²) < 4.78 is 5.43. The average Bonchev–Trinajstić information content (AvgIpc) is 2.25. The van der Waals surface area contributed by atoms with Gasteiger partial charge in [0, 0.05) is 12.1 Å². The first kappa shape index (κ1) is 10.7. The second-order valence-electron chi connectivity index (χ2n) is 2.89. The molecule has 0 aliphatic rings. The van der Waals surface area contributed by atoms with Crippen molar-refractivity contribution in [2.45, 2.75) is 6.92 Å². The molecule has 0 amide bonds. The van der Waals surface area contributed by atoms with E-state index in [-0.39, 0.29) is 0 Å². The van der Waals surface area contributed by atoms with E-state index in [2.05, 4.69) is 5.32 Å². The Balaban J connectivity index is 2.38. The van der Waals surface area contributed by atoms with E-state index in [1.54, 1.807) is 12.1 Å². The molecule has 0 saturated carbocycles. The van der Waals surface area contributed by atoms with Crippen LogP contribution < -0.4 is 10.1 Å². The predicted molar refractivity (Wildman–Crippen MR) is 55.9 cm³/mol. The van der Waals surface area contributed by atoms with Gasteiger partial charge in [0.2, 0.25) is 0 Å². The first-order valence-corrected chi connectivity index (χ1v) is 4.75. The Hall–Kier alpha value is -1.35. The molecule has 1 N–H and O–H groups in total. The van der Waals surface area contributed by atoms with Crippen LogP contribution in [-0.2, 0) is 0 Å². The van der Waals surface area contributed by atoms with Crippen LogP contribution in [0.1, 0.15) is 17.3 Å². The summed E-state index contributed by atoms with van der Waals surface area (Å²) in [7, 11) is 0. The Bertz CT molecular complexity index is 286. The summed E-state index contributed by atoms with van der Waals surface area (Å²) in [6.45, 7) is 4.43. The minimum Gasteiger partial charge on any atom is -0.492 e. The number of rotatable bonds is 6. The number of ether oxygens (including phenoxy) is 1. The molecule has 0 aromatic heterocycles. The fourth-order valence-corrected chi connectivity index (χ4v) is 1.10. The summed E-state index contributed by atoms with van der Waals surface area (Å²) in [4.78, 5) is 10.5. The van der Waals surface area contributed by atoms with Crippen LogP contribution in [0.5, 0.6) is 5.75 Å². The number of nitrogens with one attached hydrogen (secondary N) is 1. The largest absolute Gasteiger partial charge is 0.492 e. The number of likely N-dealkylation sites (N-methyl/N-ethyl adjacent to an activating group) is 1. The summed E-state index contributed by atoms with van der Waals surface area (Å²) >= 11 is 0. The highest BCUT2D eigenvalue weighted by Crippen LogP contribution is 2.11. The van der Waals surface area contributed by atoms with E-state index in [1.165, 1.54) is 0 Å². The van der Waals surface area contributed by atoms with Crippen molar-refractivity contribution in [1.82, 2.24) is 5.32 Å². The zero-order chi connectivity index (χ0) is 10.2. The van der Waals surface area contributed by atoms with Crippen molar-refractivity contribution >= 4 is 6.29 Å². The first-order chi connectivity index (χ1) is 6.86. The van der Waals surface area contributed by atoms with Crippen molar-refractivity contribution in [3.63, 3.8) is 0 Å². The number of carbonyl (C=O) groups is 1. The maximum absolute atomic E-state index is 10.5. The number of benzene rings is 1. The lowest BCUT2D eigenvalue weighted by Gasteiger charge is -2.06. The van der Waals surface area contributed by atoms with E-state index >= 15 is 0 Å². The molecule has 0 aliphatic heterocycles. The molecule has 0 heterocycles. The highest BCUT2D eigenvalue weighted by atomic mass is 16.5. The van der Waals surface area contributed by atoms with E-state index in [4.69, 9.17) is 4.74 Å². The third-order valence-electron chi connectivity index (χ3n) is 1.79. The van der Waals surface area contributed by atoms with Gasteiger partial charge in [-0.1, -0.05) is 19.1 Å². The summed E-state index contributed by atoms with van der Waals surface area (Å²) in [6, 6.07) is 7.15. The van der Waals surface area contributed by atoms with Crippen LogP contribution in [0.3, 0.4) is 0 Å². The lowest BCUT2D eigenvalue weighted by Crippen LogP contribution is -2.20. The third-order valence-corrected chi connectivity index (χ3v) is 1.79. The van der Waals surface area contributed by atoms with E-state index in [0.29, 0.717) is 12.2 Å². The van der Waals surface area contributed by atoms with Gasteiger partial charge in [-0.05, 0) is 18.7 Å². The van der Waals surface area contributed by atoms with Crippen LogP contribution in [-0.4, -0.2) is 26.0 Å². The first-order valence-electron chi connectivity index (χ1n) is 4.75. The molecule has 0 atom stereocenters. The normalized spacial score (nSPS) is 9.79. The fraction of sp³-hybridized carbons (Fsp3) is 0.364. The number of hydrogen-bond donors (Lipinski definition) is 1. The highest BCUT2D eigenvalue weighted by molar-refractivity contribution is 5.75. The molecule has 1 aromatic rings. The Kier molecular flexibility index (Phi) is 4.72. The number of hydrogen-bond acceptors (Lipinski definition) is 3. The highest BCUT2D eigenvalue weighted by Gasteiger charge is 1.94. The second kappa shape index (κ2) is 6.16. The average molecular weight is 193 g/mol. The van der Waals surface area contributed by atoms with Crippen molar-refractivity contribution in [2.24, 2.45) is 0 Å². The monoisotopic (exact) mass is 193 g/mol. The zero-order valence-corrected chi connectivity index (χ0v) is 8.32. The molecule has 1 rings (SSSR count). The predicted octanol–water partition coefficient (Wildman–Crippen LogP) is 1.49. The van der Waals surface area contributed by atoms with E-state index in [1.807, 2.05) is 19.1 Å². The molecule has 0 radical (unpaired) electrons. The van der Waals surface area contributed by atoms with Crippen LogP contribution in [0.15, 0.2) is 24.3 Å².